The number of aromatic nitrogens is 4. The fraction of sp³-hybridized carbons (Fsp3) is 0.292. The Morgan fingerprint density at radius 2 is 1.94 bits per heavy atom. The van der Waals surface area contributed by atoms with Crippen LogP contribution in [0.4, 0.5) is 0 Å². The van der Waals surface area contributed by atoms with Crippen LogP contribution in [0, 0.1) is 0 Å². The number of rotatable bonds is 7. The van der Waals surface area contributed by atoms with Gasteiger partial charge in [0.2, 0.25) is 5.88 Å². The van der Waals surface area contributed by atoms with Gasteiger partial charge in [0, 0.05) is 67.9 Å². The van der Waals surface area contributed by atoms with E-state index in [1.807, 2.05) is 43.3 Å². The molecule has 1 atom stereocenters. The van der Waals surface area contributed by atoms with E-state index >= 15 is 0 Å². The van der Waals surface area contributed by atoms with Crippen LogP contribution in [0.5, 0.6) is 11.6 Å². The molecule has 1 saturated heterocycles. The van der Waals surface area contributed by atoms with Crippen LogP contribution in [0.1, 0.15) is 12.6 Å². The van der Waals surface area contributed by atoms with E-state index in [9.17, 15) is 4.21 Å². The Bertz CT molecular complexity index is 1240. The first-order valence-corrected chi connectivity index (χ1v) is 12.3. The molecule has 0 saturated carbocycles. The van der Waals surface area contributed by atoms with Gasteiger partial charge in [-0.15, -0.1) is 0 Å². The fourth-order valence-corrected chi connectivity index (χ4v) is 4.87. The molecule has 33 heavy (non-hydrogen) atoms. The number of pyridine rings is 2. The van der Waals surface area contributed by atoms with Crippen LogP contribution in [-0.4, -0.2) is 65.5 Å². The first kappa shape index (κ1) is 21.7. The number of ether oxygens (including phenoxy) is 1. The van der Waals surface area contributed by atoms with E-state index in [4.69, 9.17) is 9.72 Å². The van der Waals surface area contributed by atoms with Crippen molar-refractivity contribution in [2.75, 3.05) is 31.9 Å². The number of fused-ring (bicyclic) bond motifs is 1. The molecule has 0 spiro atoms. The Morgan fingerprint density at radius 1 is 1.06 bits per heavy atom. The van der Waals surface area contributed by atoms with Crippen LogP contribution in [0.15, 0.2) is 60.9 Å². The van der Waals surface area contributed by atoms with E-state index < -0.39 is 11.0 Å². The number of aromatic amines is 1. The summed E-state index contributed by atoms with van der Waals surface area (Å²) in [6, 6.07) is 15.7. The maximum atomic E-state index is 12.0. The molecule has 0 amide bonds. The van der Waals surface area contributed by atoms with Crippen LogP contribution >= 0.6 is 0 Å². The second-order valence-electron chi connectivity index (χ2n) is 7.93. The highest BCUT2D eigenvalue weighted by Crippen LogP contribution is 2.26. The van der Waals surface area contributed by atoms with Crippen molar-refractivity contribution in [1.82, 2.24) is 29.4 Å². The monoisotopic (exact) mass is 462 g/mol. The Balaban J connectivity index is 1.22. The van der Waals surface area contributed by atoms with Gasteiger partial charge in [-0.1, -0.05) is 13.0 Å². The van der Waals surface area contributed by atoms with Crippen molar-refractivity contribution < 1.29 is 8.95 Å². The third-order valence-electron chi connectivity index (χ3n) is 5.74. The van der Waals surface area contributed by atoms with E-state index in [1.165, 1.54) is 0 Å². The predicted octanol–water partition coefficient (Wildman–Crippen LogP) is 3.61. The average Bonchev–Trinajstić information content (AvgIpc) is 3.40. The number of nitrogens with zero attached hydrogens (tertiary/aromatic N) is 5. The molecule has 0 radical (unpaired) electrons. The number of piperazine rings is 1. The van der Waals surface area contributed by atoms with Crippen LogP contribution < -0.4 is 4.74 Å². The van der Waals surface area contributed by atoms with Gasteiger partial charge in [0.25, 0.3) is 0 Å². The lowest BCUT2D eigenvalue weighted by Crippen LogP contribution is -2.46. The second-order valence-corrected chi connectivity index (χ2v) is 9.67. The molecule has 8 nitrogen and oxygen atoms in total. The average molecular weight is 463 g/mol. The molecule has 1 aliphatic rings. The smallest absolute Gasteiger partial charge is 0.219 e. The SMILES string of the molecule is CCS(=O)N1CCN(Cc2ccc3cc(Oc4ccc(-c5ccn[nH]5)cn4)ccc3n2)CC1. The zero-order chi connectivity index (χ0) is 22.6. The van der Waals surface area contributed by atoms with Crippen LogP contribution in [0.25, 0.3) is 22.2 Å². The fourth-order valence-electron chi connectivity index (χ4n) is 3.94. The Morgan fingerprint density at radius 3 is 2.67 bits per heavy atom. The summed E-state index contributed by atoms with van der Waals surface area (Å²) in [6.45, 7) is 6.26. The standard InChI is InChI=1S/C24H26N6O2S/c1-2-33(31)30-13-11-29(12-14-30)17-20-5-3-18-15-21(6-7-22(18)27-20)32-24-8-4-19(16-25-24)23-9-10-26-28-23/h3-10,15-16H,2,11-14,17H2,1H3,(H,26,28). The van der Waals surface area contributed by atoms with Gasteiger partial charge in [0.1, 0.15) is 5.75 Å². The number of benzene rings is 1. The lowest BCUT2D eigenvalue weighted by Gasteiger charge is -2.33. The molecule has 4 heterocycles. The first-order chi connectivity index (χ1) is 16.2. The summed E-state index contributed by atoms with van der Waals surface area (Å²) in [4.78, 5) is 11.6. The quantitative estimate of drug-likeness (QED) is 0.451. The lowest BCUT2D eigenvalue weighted by molar-refractivity contribution is 0.184. The molecule has 9 heteroatoms. The van der Waals surface area contributed by atoms with Gasteiger partial charge in [-0.2, -0.15) is 5.10 Å². The molecule has 0 bridgehead atoms. The molecule has 1 unspecified atom stereocenters. The molecule has 4 aromatic rings. The maximum Gasteiger partial charge on any atom is 0.219 e. The number of hydrogen-bond donors (Lipinski definition) is 1. The third-order valence-corrected chi connectivity index (χ3v) is 7.18. The normalized spacial score (nSPS) is 16.2. The van der Waals surface area contributed by atoms with Crippen molar-refractivity contribution in [2.24, 2.45) is 0 Å². The minimum Gasteiger partial charge on any atom is -0.439 e. The molecule has 3 aromatic heterocycles. The summed E-state index contributed by atoms with van der Waals surface area (Å²) < 4.78 is 20.0. The summed E-state index contributed by atoms with van der Waals surface area (Å²) in [5.74, 6) is 1.94. The Hall–Kier alpha value is -3.14. The molecule has 1 fully saturated rings. The molecule has 1 N–H and O–H groups in total. The van der Waals surface area contributed by atoms with Crippen molar-refractivity contribution in [3.8, 4) is 22.9 Å². The van der Waals surface area contributed by atoms with E-state index in [-0.39, 0.29) is 0 Å². The topological polar surface area (TPSA) is 87.2 Å². The van der Waals surface area contributed by atoms with E-state index in [1.54, 1.807) is 12.4 Å². The summed E-state index contributed by atoms with van der Waals surface area (Å²) in [5, 5.41) is 7.91. The van der Waals surface area contributed by atoms with E-state index in [2.05, 4.69) is 36.5 Å². The van der Waals surface area contributed by atoms with Crippen LogP contribution in [0.2, 0.25) is 0 Å². The molecule has 1 aliphatic heterocycles. The van der Waals surface area contributed by atoms with Gasteiger partial charge < -0.3 is 4.74 Å². The molecular weight excluding hydrogens is 436 g/mol. The number of H-pyrrole nitrogens is 1. The molecular formula is C24H26N6O2S. The van der Waals surface area contributed by atoms with Gasteiger partial charge in [0.15, 0.2) is 0 Å². The zero-order valence-electron chi connectivity index (χ0n) is 18.5. The number of nitrogens with one attached hydrogen (secondary N) is 1. The zero-order valence-corrected chi connectivity index (χ0v) is 19.3. The van der Waals surface area contributed by atoms with Gasteiger partial charge in [-0.05, 0) is 36.4 Å². The van der Waals surface area contributed by atoms with Crippen molar-refractivity contribution in [3.05, 3.63) is 66.6 Å². The first-order valence-electron chi connectivity index (χ1n) is 11.1. The minimum absolute atomic E-state index is 0.533. The van der Waals surface area contributed by atoms with Crippen molar-refractivity contribution in [3.63, 3.8) is 0 Å². The molecule has 0 aliphatic carbocycles. The van der Waals surface area contributed by atoms with Crippen molar-refractivity contribution in [2.45, 2.75) is 13.5 Å². The highest BCUT2D eigenvalue weighted by molar-refractivity contribution is 7.82. The van der Waals surface area contributed by atoms with Gasteiger partial charge in [0.05, 0.1) is 27.9 Å². The Labute approximate surface area is 195 Å². The largest absolute Gasteiger partial charge is 0.439 e. The van der Waals surface area contributed by atoms with Gasteiger partial charge >= 0.3 is 0 Å². The third kappa shape index (κ3) is 5.11. The predicted molar refractivity (Wildman–Crippen MR) is 129 cm³/mol. The summed E-state index contributed by atoms with van der Waals surface area (Å²) in [6.07, 6.45) is 3.47. The van der Waals surface area contributed by atoms with Crippen molar-refractivity contribution in [1.29, 1.82) is 0 Å². The molecule has 5 rings (SSSR count). The summed E-state index contributed by atoms with van der Waals surface area (Å²) in [5.41, 5.74) is 3.85. The minimum atomic E-state index is -0.848. The van der Waals surface area contributed by atoms with Gasteiger partial charge in [-0.25, -0.2) is 13.5 Å². The lowest BCUT2D eigenvalue weighted by atomic mass is 10.2. The van der Waals surface area contributed by atoms with Crippen LogP contribution in [-0.2, 0) is 17.5 Å². The second kappa shape index (κ2) is 9.78. The summed E-state index contributed by atoms with van der Waals surface area (Å²) >= 11 is 0. The van der Waals surface area contributed by atoms with Crippen LogP contribution in [0.3, 0.4) is 0 Å². The van der Waals surface area contributed by atoms with E-state index in [0.29, 0.717) is 11.6 Å². The highest BCUT2D eigenvalue weighted by Gasteiger charge is 2.20. The van der Waals surface area contributed by atoms with E-state index in [0.717, 1.165) is 66.3 Å². The van der Waals surface area contributed by atoms with Crippen molar-refractivity contribution >= 4 is 21.9 Å². The molecule has 170 valence electrons. The highest BCUT2D eigenvalue weighted by atomic mass is 32.2. The van der Waals surface area contributed by atoms with Gasteiger partial charge in [-0.3, -0.25) is 15.0 Å². The summed E-state index contributed by atoms with van der Waals surface area (Å²) in [7, 11) is -0.848. The Kier molecular flexibility index (Phi) is 6.43. The molecule has 1 aromatic carbocycles. The maximum absolute atomic E-state index is 12.0. The number of hydrogen-bond acceptors (Lipinski definition) is 6.